The Bertz CT molecular complexity index is 1450. The molecule has 0 aromatic carbocycles. The van der Waals surface area contributed by atoms with Gasteiger partial charge < -0.3 is 14.2 Å². The van der Waals surface area contributed by atoms with Crippen molar-refractivity contribution in [3.05, 3.63) is 146 Å². The molecule has 0 aromatic heterocycles. The first-order valence-electron chi connectivity index (χ1n) is 26.4. The Balaban J connectivity index is 4.50. The zero-order valence-corrected chi connectivity index (χ0v) is 42.4. The summed E-state index contributed by atoms with van der Waals surface area (Å²) in [5.41, 5.74) is 0. The molecule has 0 spiro atoms. The van der Waals surface area contributed by atoms with E-state index in [0.717, 1.165) is 116 Å². The number of rotatable bonds is 46. The number of allylic oxidation sites excluding steroid dienone is 24. The lowest BCUT2D eigenvalue weighted by molar-refractivity contribution is -0.162. The summed E-state index contributed by atoms with van der Waals surface area (Å²) in [6.07, 6.45) is 80.2. The monoisotopic (exact) mass is 909 g/mol. The summed E-state index contributed by atoms with van der Waals surface area (Å²) in [6.45, 7) is 7.35. The van der Waals surface area contributed by atoms with E-state index in [1.807, 2.05) is 0 Å². The summed E-state index contributed by atoms with van der Waals surface area (Å²) < 4.78 is 17.3. The van der Waals surface area contributed by atoms with Crippen molar-refractivity contribution in [1.29, 1.82) is 0 Å². The van der Waals surface area contributed by atoms with Crippen molar-refractivity contribution < 1.29 is 23.8 Å². The van der Waals surface area contributed by atoms with Crippen LogP contribution in [-0.4, -0.2) is 37.9 Å². The first-order chi connectivity index (χ1) is 32.6. The van der Waals surface area contributed by atoms with Gasteiger partial charge in [0, 0.05) is 19.4 Å². The number of unbranched alkanes of at least 4 members (excludes halogenated alkanes) is 11. The maximum absolute atomic E-state index is 12.8. The number of carbonyl (C=O) groups excluding carboxylic acids is 2. The quantitative estimate of drug-likeness (QED) is 0.0346. The highest BCUT2D eigenvalue weighted by Gasteiger charge is 2.17. The van der Waals surface area contributed by atoms with Gasteiger partial charge in [0.25, 0.3) is 0 Å². The van der Waals surface area contributed by atoms with E-state index in [-0.39, 0.29) is 25.2 Å². The molecule has 1 atom stereocenters. The fourth-order valence-corrected chi connectivity index (χ4v) is 6.50. The second-order valence-corrected chi connectivity index (χ2v) is 16.7. The van der Waals surface area contributed by atoms with E-state index < -0.39 is 6.10 Å². The van der Waals surface area contributed by atoms with Crippen LogP contribution in [0.2, 0.25) is 0 Å². The van der Waals surface area contributed by atoms with Gasteiger partial charge in [-0.15, -0.1) is 0 Å². The van der Waals surface area contributed by atoms with Gasteiger partial charge in [-0.05, 0) is 128 Å². The van der Waals surface area contributed by atoms with Crippen LogP contribution in [0, 0.1) is 0 Å². The summed E-state index contributed by atoms with van der Waals surface area (Å²) in [4.78, 5) is 25.4. The molecule has 0 amide bonds. The van der Waals surface area contributed by atoms with Gasteiger partial charge in [0.1, 0.15) is 6.61 Å². The summed E-state index contributed by atoms with van der Waals surface area (Å²) in [5.74, 6) is -0.519. The summed E-state index contributed by atoms with van der Waals surface area (Å²) >= 11 is 0. The molecular weight excluding hydrogens is 813 g/mol. The lowest BCUT2D eigenvalue weighted by Gasteiger charge is -2.18. The molecule has 0 aromatic rings. The SMILES string of the molecule is CC/C=C\C/C=C\C/C=C\C/C=C\C/C=C\C/C=C\CCCOCC(COC(=O)CCC/C=C\C/C=C\C/C=C\C/C=C\C/C=C\CC)OC(=O)CCCCCCC/C=C\CCCCCC. The van der Waals surface area contributed by atoms with Gasteiger partial charge in [0.2, 0.25) is 0 Å². The molecule has 0 radical (unpaired) electrons. The Morgan fingerprint density at radius 3 is 1.15 bits per heavy atom. The molecule has 0 saturated heterocycles. The molecule has 0 N–H and O–H groups in total. The lowest BCUT2D eigenvalue weighted by atomic mass is 10.1. The number of esters is 2. The van der Waals surface area contributed by atoms with E-state index in [1.54, 1.807) is 0 Å². The van der Waals surface area contributed by atoms with Crippen LogP contribution in [0.3, 0.4) is 0 Å². The molecule has 0 aliphatic carbocycles. The van der Waals surface area contributed by atoms with E-state index >= 15 is 0 Å². The van der Waals surface area contributed by atoms with E-state index in [9.17, 15) is 9.59 Å². The fourth-order valence-electron chi connectivity index (χ4n) is 6.50. The lowest BCUT2D eigenvalue weighted by Crippen LogP contribution is -2.30. The minimum Gasteiger partial charge on any atom is -0.462 e. The van der Waals surface area contributed by atoms with E-state index in [4.69, 9.17) is 14.2 Å². The van der Waals surface area contributed by atoms with Crippen LogP contribution < -0.4 is 0 Å². The molecule has 0 aliphatic rings. The van der Waals surface area contributed by atoms with Crippen molar-refractivity contribution in [2.45, 2.75) is 207 Å². The van der Waals surface area contributed by atoms with Crippen LogP contribution >= 0.6 is 0 Å². The van der Waals surface area contributed by atoms with Crippen LogP contribution in [0.25, 0.3) is 0 Å². The molecule has 1 unspecified atom stereocenters. The first-order valence-corrected chi connectivity index (χ1v) is 26.4. The molecule has 5 nitrogen and oxygen atoms in total. The smallest absolute Gasteiger partial charge is 0.306 e. The van der Waals surface area contributed by atoms with Crippen molar-refractivity contribution in [2.24, 2.45) is 0 Å². The van der Waals surface area contributed by atoms with E-state index in [2.05, 4.69) is 167 Å². The van der Waals surface area contributed by atoms with Crippen molar-refractivity contribution in [3.8, 4) is 0 Å². The predicted molar refractivity (Wildman–Crippen MR) is 288 cm³/mol. The van der Waals surface area contributed by atoms with Crippen LogP contribution in [0.15, 0.2) is 146 Å². The normalized spacial score (nSPS) is 13.4. The predicted octanol–water partition coefficient (Wildman–Crippen LogP) is 18.1. The average molecular weight is 909 g/mol. The molecule has 0 aliphatic heterocycles. The molecule has 0 rings (SSSR count). The summed E-state index contributed by atoms with van der Waals surface area (Å²) in [7, 11) is 0. The molecular formula is C61H96O5. The maximum atomic E-state index is 12.8. The van der Waals surface area contributed by atoms with Crippen LogP contribution in [-0.2, 0) is 23.8 Å². The maximum Gasteiger partial charge on any atom is 0.306 e. The fraction of sp³-hybridized carbons (Fsp3) is 0.574. The minimum absolute atomic E-state index is 0.0194. The molecule has 66 heavy (non-hydrogen) atoms. The Kier molecular flexibility index (Phi) is 51.6. The first kappa shape index (κ1) is 61.8. The third-order valence-corrected chi connectivity index (χ3v) is 10.3. The zero-order chi connectivity index (χ0) is 47.7. The topological polar surface area (TPSA) is 61.8 Å². The average Bonchev–Trinajstić information content (AvgIpc) is 3.32. The Morgan fingerprint density at radius 1 is 0.348 bits per heavy atom. The Labute approximate surface area is 406 Å². The van der Waals surface area contributed by atoms with Gasteiger partial charge in [0.15, 0.2) is 6.10 Å². The highest BCUT2D eigenvalue weighted by atomic mass is 16.6. The third kappa shape index (κ3) is 52.4. The molecule has 0 saturated carbocycles. The molecule has 5 heteroatoms. The van der Waals surface area contributed by atoms with Gasteiger partial charge in [-0.2, -0.15) is 0 Å². The second kappa shape index (κ2) is 55.1. The highest BCUT2D eigenvalue weighted by Crippen LogP contribution is 2.11. The Hall–Kier alpha value is -4.22. The largest absolute Gasteiger partial charge is 0.462 e. The number of hydrogen-bond acceptors (Lipinski definition) is 5. The standard InChI is InChI=1S/C61H96O5/c1-4-7-10-13-16-19-22-25-27-29-30-31-33-35-38-41-44-47-50-53-56-64-57-59(66-61(63)55-52-49-46-43-40-36-24-21-18-15-12-9-6-3)58-65-60(62)54-51-48-45-42-39-37-34-32-28-26-23-20-17-14-11-8-5-2/h7-8,10-11,16-17,19-21,24-28,30-31,34-35,37-38,42,44-45,47,59H,4-6,9,12-15,18,22-23,29,32-33,36,39-41,43,46,48-58H2,1-3H3/b10-7-,11-8-,19-16-,20-17-,24-21-,27-25-,28-26-,31-30-,37-34-,38-35-,45-42-,47-44-. The Morgan fingerprint density at radius 2 is 0.697 bits per heavy atom. The van der Waals surface area contributed by atoms with Gasteiger partial charge >= 0.3 is 11.9 Å². The number of carbonyl (C=O) groups is 2. The van der Waals surface area contributed by atoms with Crippen molar-refractivity contribution in [1.82, 2.24) is 0 Å². The van der Waals surface area contributed by atoms with Gasteiger partial charge in [0.05, 0.1) is 6.61 Å². The highest BCUT2D eigenvalue weighted by molar-refractivity contribution is 5.70. The van der Waals surface area contributed by atoms with Crippen LogP contribution in [0.1, 0.15) is 201 Å². The molecule has 0 heterocycles. The summed E-state index contributed by atoms with van der Waals surface area (Å²) in [6, 6.07) is 0. The molecule has 0 fully saturated rings. The van der Waals surface area contributed by atoms with Gasteiger partial charge in [-0.3, -0.25) is 9.59 Å². The third-order valence-electron chi connectivity index (χ3n) is 10.3. The van der Waals surface area contributed by atoms with E-state index in [1.165, 1.54) is 44.9 Å². The van der Waals surface area contributed by atoms with Crippen molar-refractivity contribution in [2.75, 3.05) is 19.8 Å². The van der Waals surface area contributed by atoms with Gasteiger partial charge in [-0.1, -0.05) is 205 Å². The zero-order valence-electron chi connectivity index (χ0n) is 42.4. The number of hydrogen-bond donors (Lipinski definition) is 0. The van der Waals surface area contributed by atoms with Crippen LogP contribution in [0.4, 0.5) is 0 Å². The second-order valence-electron chi connectivity index (χ2n) is 16.7. The number of ether oxygens (including phenoxy) is 3. The van der Waals surface area contributed by atoms with Crippen molar-refractivity contribution in [3.63, 3.8) is 0 Å². The molecule has 370 valence electrons. The van der Waals surface area contributed by atoms with Crippen molar-refractivity contribution >= 4 is 11.9 Å². The van der Waals surface area contributed by atoms with Gasteiger partial charge in [-0.25, -0.2) is 0 Å². The summed E-state index contributed by atoms with van der Waals surface area (Å²) in [5, 5.41) is 0. The minimum atomic E-state index is -0.605. The molecule has 0 bridgehead atoms. The van der Waals surface area contributed by atoms with E-state index in [0.29, 0.717) is 25.9 Å². The van der Waals surface area contributed by atoms with Crippen LogP contribution in [0.5, 0.6) is 0 Å².